The molecule has 0 atom stereocenters. The van der Waals surface area contributed by atoms with Gasteiger partial charge >= 0.3 is 0 Å². The number of carbonyl (C=O) groups excluding carboxylic acids is 1. The minimum absolute atomic E-state index is 0.0299. The van der Waals surface area contributed by atoms with Gasteiger partial charge in [-0.2, -0.15) is 0 Å². The predicted molar refractivity (Wildman–Crippen MR) is 127 cm³/mol. The van der Waals surface area contributed by atoms with Crippen molar-refractivity contribution in [2.75, 3.05) is 5.32 Å². The molecule has 5 aromatic rings. The molecule has 4 nitrogen and oxygen atoms in total. The van der Waals surface area contributed by atoms with Gasteiger partial charge in [-0.1, -0.05) is 60.7 Å². The number of hydrogen-bond donors (Lipinski definition) is 1. The summed E-state index contributed by atoms with van der Waals surface area (Å²) in [6.45, 7) is 0. The van der Waals surface area contributed by atoms with Gasteiger partial charge in [0.2, 0.25) is 5.91 Å². The van der Waals surface area contributed by atoms with Gasteiger partial charge in [0, 0.05) is 40.0 Å². The molecule has 0 saturated carbocycles. The van der Waals surface area contributed by atoms with Crippen LogP contribution in [-0.4, -0.2) is 15.9 Å². The van der Waals surface area contributed by atoms with Gasteiger partial charge < -0.3 is 5.32 Å². The van der Waals surface area contributed by atoms with Crippen molar-refractivity contribution in [2.24, 2.45) is 0 Å². The SMILES string of the molecule is O=C(Cc1ccc(-c2csc(-c3ccncc3)n2)cc1)Nc1cccc2ccccc12. The third kappa shape index (κ3) is 4.22. The second kappa shape index (κ2) is 8.50. The number of carbonyl (C=O) groups is 1. The molecule has 0 aliphatic carbocycles. The van der Waals surface area contributed by atoms with Crippen molar-refractivity contribution in [2.45, 2.75) is 6.42 Å². The summed E-state index contributed by atoms with van der Waals surface area (Å²) in [6.07, 6.45) is 3.87. The summed E-state index contributed by atoms with van der Waals surface area (Å²) in [5.74, 6) is -0.0299. The van der Waals surface area contributed by atoms with Crippen molar-refractivity contribution in [1.29, 1.82) is 0 Å². The van der Waals surface area contributed by atoms with E-state index in [9.17, 15) is 4.79 Å². The number of anilines is 1. The van der Waals surface area contributed by atoms with E-state index in [0.717, 1.165) is 43.9 Å². The highest BCUT2D eigenvalue weighted by molar-refractivity contribution is 7.13. The van der Waals surface area contributed by atoms with E-state index in [-0.39, 0.29) is 5.91 Å². The Morgan fingerprint density at radius 3 is 2.45 bits per heavy atom. The molecule has 1 N–H and O–H groups in total. The zero-order valence-corrected chi connectivity index (χ0v) is 17.5. The van der Waals surface area contributed by atoms with Crippen molar-refractivity contribution in [3.63, 3.8) is 0 Å². The van der Waals surface area contributed by atoms with Crippen LogP contribution in [0.15, 0.2) is 96.6 Å². The molecule has 0 saturated heterocycles. The van der Waals surface area contributed by atoms with Crippen LogP contribution in [0.4, 0.5) is 5.69 Å². The molecule has 0 fully saturated rings. The first-order chi connectivity index (χ1) is 15.3. The Kier molecular flexibility index (Phi) is 5.25. The van der Waals surface area contributed by atoms with Crippen LogP contribution in [0.5, 0.6) is 0 Å². The Labute approximate surface area is 184 Å². The Hall–Kier alpha value is -3.83. The van der Waals surface area contributed by atoms with Gasteiger partial charge in [-0.15, -0.1) is 11.3 Å². The summed E-state index contributed by atoms with van der Waals surface area (Å²) in [6, 6.07) is 25.9. The summed E-state index contributed by atoms with van der Waals surface area (Å²) in [5, 5.41) is 8.22. The Bertz CT molecular complexity index is 1340. The fourth-order valence-electron chi connectivity index (χ4n) is 3.54. The fourth-order valence-corrected chi connectivity index (χ4v) is 4.38. The average molecular weight is 422 g/mol. The number of rotatable bonds is 5. The number of thiazole rings is 1. The third-order valence-electron chi connectivity index (χ3n) is 5.11. The monoisotopic (exact) mass is 421 g/mol. The van der Waals surface area contributed by atoms with E-state index in [1.165, 1.54) is 0 Å². The fraction of sp³-hybridized carbons (Fsp3) is 0.0385. The van der Waals surface area contributed by atoms with Crippen LogP contribution in [0.2, 0.25) is 0 Å². The third-order valence-corrected chi connectivity index (χ3v) is 6.00. The van der Waals surface area contributed by atoms with E-state index >= 15 is 0 Å². The number of nitrogens with zero attached hydrogens (tertiary/aromatic N) is 2. The quantitative estimate of drug-likeness (QED) is 0.367. The minimum atomic E-state index is -0.0299. The summed E-state index contributed by atoms with van der Waals surface area (Å²) < 4.78 is 0. The second-order valence-electron chi connectivity index (χ2n) is 7.22. The molecule has 0 unspecified atom stereocenters. The standard InChI is InChI=1S/C26H19N3OS/c30-25(28-23-7-3-5-19-4-1-2-6-22(19)23)16-18-8-10-20(11-9-18)24-17-31-26(29-24)21-12-14-27-15-13-21/h1-15,17H,16H2,(H,28,30). The molecule has 1 amide bonds. The van der Waals surface area contributed by atoms with Gasteiger partial charge in [-0.3, -0.25) is 9.78 Å². The van der Waals surface area contributed by atoms with Crippen molar-refractivity contribution in [3.05, 3.63) is 102 Å². The maximum absolute atomic E-state index is 12.6. The molecule has 0 aliphatic heterocycles. The zero-order chi connectivity index (χ0) is 21.0. The average Bonchev–Trinajstić information content (AvgIpc) is 3.31. The van der Waals surface area contributed by atoms with Crippen LogP contribution < -0.4 is 5.32 Å². The summed E-state index contributed by atoms with van der Waals surface area (Å²) in [7, 11) is 0. The van der Waals surface area contributed by atoms with Gasteiger partial charge in [0.25, 0.3) is 0 Å². The van der Waals surface area contributed by atoms with E-state index in [2.05, 4.69) is 15.7 Å². The number of aromatic nitrogens is 2. The molecule has 2 heterocycles. The van der Waals surface area contributed by atoms with Gasteiger partial charge in [0.15, 0.2) is 0 Å². The lowest BCUT2D eigenvalue weighted by molar-refractivity contribution is -0.115. The van der Waals surface area contributed by atoms with Crippen molar-refractivity contribution in [1.82, 2.24) is 9.97 Å². The number of amides is 1. The van der Waals surface area contributed by atoms with Crippen molar-refractivity contribution < 1.29 is 4.79 Å². The van der Waals surface area contributed by atoms with Gasteiger partial charge in [0.05, 0.1) is 12.1 Å². The Balaban J connectivity index is 1.28. The number of benzene rings is 3. The smallest absolute Gasteiger partial charge is 0.228 e. The molecule has 150 valence electrons. The van der Waals surface area contributed by atoms with Gasteiger partial charge in [-0.05, 0) is 29.1 Å². The van der Waals surface area contributed by atoms with Gasteiger partial charge in [-0.25, -0.2) is 4.98 Å². The van der Waals surface area contributed by atoms with E-state index in [4.69, 9.17) is 4.98 Å². The topological polar surface area (TPSA) is 54.9 Å². The summed E-state index contributed by atoms with van der Waals surface area (Å²) >= 11 is 1.61. The largest absolute Gasteiger partial charge is 0.325 e. The molecule has 31 heavy (non-hydrogen) atoms. The second-order valence-corrected chi connectivity index (χ2v) is 8.08. The van der Waals surface area contributed by atoms with E-state index in [1.54, 1.807) is 23.7 Å². The first kappa shape index (κ1) is 19.2. The van der Waals surface area contributed by atoms with Crippen LogP contribution in [0.1, 0.15) is 5.56 Å². The van der Waals surface area contributed by atoms with Gasteiger partial charge in [0.1, 0.15) is 5.01 Å². The van der Waals surface area contributed by atoms with E-state index < -0.39 is 0 Å². The van der Waals surface area contributed by atoms with E-state index in [1.807, 2.05) is 78.9 Å². The molecular weight excluding hydrogens is 402 g/mol. The highest BCUT2D eigenvalue weighted by Crippen LogP contribution is 2.29. The highest BCUT2D eigenvalue weighted by Gasteiger charge is 2.09. The van der Waals surface area contributed by atoms with Crippen molar-refractivity contribution in [3.8, 4) is 21.8 Å². The highest BCUT2D eigenvalue weighted by atomic mass is 32.1. The predicted octanol–water partition coefficient (Wildman–Crippen LogP) is 6.21. The molecule has 0 bridgehead atoms. The van der Waals surface area contributed by atoms with E-state index in [0.29, 0.717) is 6.42 Å². The maximum Gasteiger partial charge on any atom is 0.228 e. The molecule has 3 aromatic carbocycles. The lowest BCUT2D eigenvalue weighted by Gasteiger charge is -2.09. The van der Waals surface area contributed by atoms with Crippen LogP contribution >= 0.6 is 11.3 Å². The first-order valence-electron chi connectivity index (χ1n) is 9.99. The summed E-state index contributed by atoms with van der Waals surface area (Å²) in [5.41, 5.74) is 4.84. The number of hydrogen-bond acceptors (Lipinski definition) is 4. The normalized spacial score (nSPS) is 10.8. The molecule has 0 radical (unpaired) electrons. The molecular formula is C26H19N3OS. The minimum Gasteiger partial charge on any atom is -0.325 e. The first-order valence-corrected chi connectivity index (χ1v) is 10.9. The molecule has 5 rings (SSSR count). The molecule has 0 spiro atoms. The lowest BCUT2D eigenvalue weighted by atomic mass is 10.1. The van der Waals surface area contributed by atoms with Crippen LogP contribution in [0.25, 0.3) is 32.6 Å². The zero-order valence-electron chi connectivity index (χ0n) is 16.7. The number of nitrogens with one attached hydrogen (secondary N) is 1. The lowest BCUT2D eigenvalue weighted by Crippen LogP contribution is -2.14. The van der Waals surface area contributed by atoms with Crippen LogP contribution in [0, 0.1) is 0 Å². The Morgan fingerprint density at radius 2 is 1.61 bits per heavy atom. The molecule has 0 aliphatic rings. The van der Waals surface area contributed by atoms with Crippen molar-refractivity contribution >= 4 is 33.7 Å². The Morgan fingerprint density at radius 1 is 0.839 bits per heavy atom. The number of pyridine rings is 1. The molecule has 2 aromatic heterocycles. The molecule has 5 heteroatoms. The maximum atomic E-state index is 12.6. The van der Waals surface area contributed by atoms with Crippen LogP contribution in [-0.2, 0) is 11.2 Å². The van der Waals surface area contributed by atoms with Crippen LogP contribution in [0.3, 0.4) is 0 Å². The summed E-state index contributed by atoms with van der Waals surface area (Å²) in [4.78, 5) is 21.4. The number of fused-ring (bicyclic) bond motifs is 1.